The lowest BCUT2D eigenvalue weighted by Gasteiger charge is -2.20. The zero-order valence-electron chi connectivity index (χ0n) is 10.5. The van der Waals surface area contributed by atoms with Crippen LogP contribution in [0.15, 0.2) is 0 Å². The fourth-order valence-electron chi connectivity index (χ4n) is 1.97. The van der Waals surface area contributed by atoms with E-state index >= 15 is 0 Å². The molecule has 0 spiro atoms. The third kappa shape index (κ3) is 6.14. The van der Waals surface area contributed by atoms with Gasteiger partial charge < -0.3 is 15.4 Å². The first kappa shape index (κ1) is 13.8. The molecule has 2 N–H and O–H groups in total. The molecule has 0 heterocycles. The highest BCUT2D eigenvalue weighted by atomic mass is 16.6. The van der Waals surface area contributed by atoms with Gasteiger partial charge >= 0.3 is 6.09 Å². The van der Waals surface area contributed by atoms with Crippen LogP contribution in [0.5, 0.6) is 0 Å². The molecule has 0 atom stereocenters. The lowest BCUT2D eigenvalue weighted by atomic mass is 9.99. The monoisotopic (exact) mass is 242 g/mol. The molecule has 0 aromatic heterocycles. The molecular formula is C12H22N2O3. The molecule has 0 unspecified atom stereocenters. The van der Waals surface area contributed by atoms with Crippen LogP contribution in [-0.4, -0.2) is 31.7 Å². The van der Waals surface area contributed by atoms with Crippen LogP contribution in [0.2, 0.25) is 0 Å². The fourth-order valence-corrected chi connectivity index (χ4v) is 1.97. The minimum Gasteiger partial charge on any atom is -0.446 e. The lowest BCUT2D eigenvalue weighted by molar-refractivity contribution is -0.119. The van der Waals surface area contributed by atoms with Gasteiger partial charge in [0.25, 0.3) is 0 Å². The minimum atomic E-state index is -0.487. The predicted molar refractivity (Wildman–Crippen MR) is 64.7 cm³/mol. The van der Waals surface area contributed by atoms with Gasteiger partial charge in [-0.25, -0.2) is 4.79 Å². The van der Waals surface area contributed by atoms with E-state index in [9.17, 15) is 9.59 Å². The summed E-state index contributed by atoms with van der Waals surface area (Å²) in [6.45, 7) is -0.0257. The molecule has 0 aliphatic heterocycles. The highest BCUT2D eigenvalue weighted by Crippen LogP contribution is 2.19. The van der Waals surface area contributed by atoms with Crippen LogP contribution in [0.4, 0.5) is 4.79 Å². The van der Waals surface area contributed by atoms with E-state index in [1.165, 1.54) is 26.3 Å². The molecule has 5 nitrogen and oxygen atoms in total. The Bertz CT molecular complexity index is 248. The molecule has 5 heteroatoms. The van der Waals surface area contributed by atoms with Crippen LogP contribution < -0.4 is 10.6 Å². The van der Waals surface area contributed by atoms with Gasteiger partial charge in [0.15, 0.2) is 0 Å². The second-order valence-electron chi connectivity index (χ2n) is 4.40. The SMILES string of the molecule is CNC(=O)CNC(=O)OC1CCCCCCC1. The molecule has 1 rings (SSSR count). The summed E-state index contributed by atoms with van der Waals surface area (Å²) < 4.78 is 5.29. The number of hydrogen-bond donors (Lipinski definition) is 2. The van der Waals surface area contributed by atoms with Crippen LogP contribution in [0.3, 0.4) is 0 Å². The third-order valence-electron chi connectivity index (χ3n) is 3.00. The van der Waals surface area contributed by atoms with Crippen molar-refractivity contribution in [1.82, 2.24) is 10.6 Å². The molecule has 0 aromatic rings. The van der Waals surface area contributed by atoms with Crippen molar-refractivity contribution >= 4 is 12.0 Å². The summed E-state index contributed by atoms with van der Waals surface area (Å²) in [6, 6.07) is 0. The molecule has 1 aliphatic carbocycles. The molecule has 1 aliphatic rings. The van der Waals surface area contributed by atoms with E-state index in [0.717, 1.165) is 25.7 Å². The van der Waals surface area contributed by atoms with Gasteiger partial charge in [-0.1, -0.05) is 19.3 Å². The van der Waals surface area contributed by atoms with Crippen molar-refractivity contribution in [3.8, 4) is 0 Å². The Hall–Kier alpha value is -1.26. The molecular weight excluding hydrogens is 220 g/mol. The zero-order valence-corrected chi connectivity index (χ0v) is 10.5. The normalized spacial score (nSPS) is 17.7. The van der Waals surface area contributed by atoms with E-state index in [0.29, 0.717) is 0 Å². The first-order chi connectivity index (χ1) is 8.22. The predicted octanol–water partition coefficient (Wildman–Crippen LogP) is 1.57. The fraction of sp³-hybridized carbons (Fsp3) is 0.833. The highest BCUT2D eigenvalue weighted by Gasteiger charge is 2.15. The smallest absolute Gasteiger partial charge is 0.407 e. The zero-order chi connectivity index (χ0) is 12.5. The average molecular weight is 242 g/mol. The Kier molecular flexibility index (Phi) is 6.43. The molecule has 2 amide bonds. The van der Waals surface area contributed by atoms with Gasteiger partial charge in [0.1, 0.15) is 6.10 Å². The molecule has 1 fully saturated rings. The van der Waals surface area contributed by atoms with Gasteiger partial charge in [-0.15, -0.1) is 0 Å². The van der Waals surface area contributed by atoms with E-state index in [1.807, 2.05) is 0 Å². The number of alkyl carbamates (subject to hydrolysis) is 1. The van der Waals surface area contributed by atoms with Crippen LogP contribution in [-0.2, 0) is 9.53 Å². The van der Waals surface area contributed by atoms with Crippen molar-refractivity contribution in [3.05, 3.63) is 0 Å². The standard InChI is InChI=1S/C12H22N2O3/c1-13-11(15)9-14-12(16)17-10-7-5-3-2-4-6-8-10/h10H,2-9H2,1H3,(H,13,15)(H,14,16). The summed E-state index contributed by atoms with van der Waals surface area (Å²) >= 11 is 0. The van der Waals surface area contributed by atoms with Crippen LogP contribution >= 0.6 is 0 Å². The Morgan fingerprint density at radius 3 is 2.29 bits per heavy atom. The van der Waals surface area contributed by atoms with Gasteiger partial charge in [-0.3, -0.25) is 4.79 Å². The Labute approximate surface area is 102 Å². The Morgan fingerprint density at radius 1 is 1.12 bits per heavy atom. The number of carbonyl (C=O) groups is 2. The second kappa shape index (κ2) is 7.92. The first-order valence-corrected chi connectivity index (χ1v) is 6.37. The number of carbonyl (C=O) groups excluding carboxylic acids is 2. The highest BCUT2D eigenvalue weighted by molar-refractivity contribution is 5.81. The number of likely N-dealkylation sites (N-methyl/N-ethyl adjacent to an activating group) is 1. The largest absolute Gasteiger partial charge is 0.446 e. The maximum atomic E-state index is 11.4. The summed E-state index contributed by atoms with van der Waals surface area (Å²) in [6.07, 6.45) is 7.37. The van der Waals surface area contributed by atoms with E-state index in [2.05, 4.69) is 10.6 Å². The first-order valence-electron chi connectivity index (χ1n) is 6.37. The molecule has 0 aromatic carbocycles. The summed E-state index contributed by atoms with van der Waals surface area (Å²) in [7, 11) is 1.53. The van der Waals surface area contributed by atoms with E-state index in [4.69, 9.17) is 4.74 Å². The van der Waals surface area contributed by atoms with Gasteiger partial charge in [0.2, 0.25) is 5.91 Å². The van der Waals surface area contributed by atoms with Crippen molar-refractivity contribution < 1.29 is 14.3 Å². The van der Waals surface area contributed by atoms with E-state index < -0.39 is 6.09 Å². The van der Waals surface area contributed by atoms with Crippen molar-refractivity contribution in [2.45, 2.75) is 51.0 Å². The molecule has 1 saturated carbocycles. The van der Waals surface area contributed by atoms with Crippen LogP contribution in [0.1, 0.15) is 44.9 Å². The second-order valence-corrected chi connectivity index (χ2v) is 4.40. The van der Waals surface area contributed by atoms with Gasteiger partial charge in [-0.2, -0.15) is 0 Å². The van der Waals surface area contributed by atoms with Crippen molar-refractivity contribution in [3.63, 3.8) is 0 Å². The van der Waals surface area contributed by atoms with Gasteiger partial charge in [-0.05, 0) is 25.7 Å². The summed E-state index contributed by atoms with van der Waals surface area (Å²) in [5, 5.41) is 4.88. The molecule has 17 heavy (non-hydrogen) atoms. The minimum absolute atomic E-state index is 0.0139. The average Bonchev–Trinajstić information content (AvgIpc) is 2.29. The molecule has 0 radical (unpaired) electrons. The van der Waals surface area contributed by atoms with E-state index in [1.54, 1.807) is 0 Å². The maximum Gasteiger partial charge on any atom is 0.407 e. The van der Waals surface area contributed by atoms with Gasteiger partial charge in [0.05, 0.1) is 6.54 Å². The topological polar surface area (TPSA) is 67.4 Å². The summed E-state index contributed by atoms with van der Waals surface area (Å²) in [5.74, 6) is -0.223. The van der Waals surface area contributed by atoms with Crippen LogP contribution in [0.25, 0.3) is 0 Å². The molecule has 0 bridgehead atoms. The van der Waals surface area contributed by atoms with E-state index in [-0.39, 0.29) is 18.6 Å². The Morgan fingerprint density at radius 2 is 1.71 bits per heavy atom. The molecule has 0 saturated heterocycles. The van der Waals surface area contributed by atoms with Crippen LogP contribution in [0, 0.1) is 0 Å². The van der Waals surface area contributed by atoms with Crippen molar-refractivity contribution in [2.24, 2.45) is 0 Å². The quantitative estimate of drug-likeness (QED) is 0.789. The Balaban J connectivity index is 2.21. The number of amides is 2. The summed E-state index contributed by atoms with van der Waals surface area (Å²) in [5.41, 5.74) is 0. The summed E-state index contributed by atoms with van der Waals surface area (Å²) in [4.78, 5) is 22.3. The maximum absolute atomic E-state index is 11.4. The number of nitrogens with one attached hydrogen (secondary N) is 2. The van der Waals surface area contributed by atoms with Crippen molar-refractivity contribution in [2.75, 3.05) is 13.6 Å². The molecule has 98 valence electrons. The van der Waals surface area contributed by atoms with Crippen molar-refractivity contribution in [1.29, 1.82) is 0 Å². The van der Waals surface area contributed by atoms with Gasteiger partial charge in [0, 0.05) is 7.05 Å². The third-order valence-corrected chi connectivity index (χ3v) is 3.00. The number of hydrogen-bond acceptors (Lipinski definition) is 3. The lowest BCUT2D eigenvalue weighted by Crippen LogP contribution is -2.37. The number of rotatable bonds is 3. The number of ether oxygens (including phenoxy) is 1.